The van der Waals surface area contributed by atoms with Crippen LogP contribution in [0.1, 0.15) is 33.5 Å². The number of para-hydroxylation sites is 1. The fourth-order valence-corrected chi connectivity index (χ4v) is 3.94. The molecule has 1 N–H and O–H groups in total. The van der Waals surface area contributed by atoms with E-state index < -0.39 is 0 Å². The van der Waals surface area contributed by atoms with Gasteiger partial charge in [-0.25, -0.2) is 0 Å². The molecule has 1 amide bonds. The number of nitrogens with one attached hydrogen (secondary N) is 1. The lowest BCUT2D eigenvalue weighted by Crippen LogP contribution is -2.20. The zero-order valence-electron chi connectivity index (χ0n) is 17.6. The Morgan fingerprint density at radius 1 is 1.03 bits per heavy atom. The minimum absolute atomic E-state index is 0.0239. The number of anilines is 1. The molecule has 0 saturated heterocycles. The number of allylic oxidation sites excluding steroid dienone is 1. The van der Waals surface area contributed by atoms with Crippen LogP contribution in [0.25, 0.3) is 6.08 Å². The number of thiophene rings is 1. The number of benzene rings is 2. The fourth-order valence-electron chi connectivity index (χ4n) is 2.91. The largest absolute Gasteiger partial charge is 0.493 e. The van der Waals surface area contributed by atoms with Crippen molar-refractivity contribution in [1.29, 1.82) is 0 Å². The van der Waals surface area contributed by atoms with Gasteiger partial charge in [-0.2, -0.15) is 0 Å². The second-order valence-electron chi connectivity index (χ2n) is 6.83. The summed E-state index contributed by atoms with van der Waals surface area (Å²) in [7, 11) is 1.53. The lowest BCUT2D eigenvalue weighted by Gasteiger charge is -2.11. The van der Waals surface area contributed by atoms with Crippen LogP contribution < -0.4 is 14.8 Å². The van der Waals surface area contributed by atoms with E-state index >= 15 is 0 Å². The number of rotatable bonds is 10. The maximum absolute atomic E-state index is 12.4. The predicted octanol–water partition coefficient (Wildman–Crippen LogP) is 5.62. The zero-order chi connectivity index (χ0) is 22.1. The van der Waals surface area contributed by atoms with Crippen molar-refractivity contribution in [3.8, 4) is 11.5 Å². The molecule has 3 aromatic rings. The van der Waals surface area contributed by atoms with Crippen molar-refractivity contribution in [3.05, 3.63) is 82.1 Å². The number of aryl methyl sites for hydroxylation is 1. The van der Waals surface area contributed by atoms with Gasteiger partial charge in [-0.15, -0.1) is 11.3 Å². The Kier molecular flexibility index (Phi) is 8.01. The number of carbonyl (C=O) groups is 2. The topological polar surface area (TPSA) is 64.6 Å². The van der Waals surface area contributed by atoms with Crippen LogP contribution >= 0.6 is 11.3 Å². The van der Waals surface area contributed by atoms with Crippen LogP contribution in [-0.4, -0.2) is 25.4 Å². The molecule has 2 aromatic carbocycles. The first kappa shape index (κ1) is 22.3. The molecule has 6 heteroatoms. The quantitative estimate of drug-likeness (QED) is 0.331. The first-order chi connectivity index (χ1) is 15.1. The molecule has 0 unspecified atom stereocenters. The molecule has 3 rings (SSSR count). The number of hydrogen-bond acceptors (Lipinski definition) is 5. The Hall–Kier alpha value is -3.38. The highest BCUT2D eigenvalue weighted by atomic mass is 32.1. The van der Waals surface area contributed by atoms with Crippen LogP contribution in [-0.2, 0) is 11.2 Å². The molecule has 160 valence electrons. The van der Waals surface area contributed by atoms with Crippen LogP contribution in [0.4, 0.5) is 5.69 Å². The van der Waals surface area contributed by atoms with Gasteiger partial charge in [0.25, 0.3) is 5.91 Å². The average Bonchev–Trinajstić information content (AvgIpc) is 3.26. The number of ketones is 1. The molecule has 0 aliphatic heterocycles. The molecule has 1 aromatic heterocycles. The summed E-state index contributed by atoms with van der Waals surface area (Å²) >= 11 is 1.54. The van der Waals surface area contributed by atoms with E-state index in [1.165, 1.54) is 23.3 Å². The molecule has 0 saturated carbocycles. The van der Waals surface area contributed by atoms with Crippen molar-refractivity contribution >= 4 is 34.8 Å². The molecule has 0 spiro atoms. The molecular weight excluding hydrogens is 410 g/mol. The van der Waals surface area contributed by atoms with E-state index in [1.807, 2.05) is 48.5 Å². The van der Waals surface area contributed by atoms with Crippen LogP contribution in [0.15, 0.2) is 66.7 Å². The molecule has 0 aliphatic rings. The van der Waals surface area contributed by atoms with E-state index in [9.17, 15) is 9.59 Å². The minimum Gasteiger partial charge on any atom is -0.493 e. The highest BCUT2D eigenvalue weighted by Crippen LogP contribution is 2.29. The predicted molar refractivity (Wildman–Crippen MR) is 125 cm³/mol. The molecular formula is C25H25NO4S. The van der Waals surface area contributed by atoms with Crippen molar-refractivity contribution in [2.75, 3.05) is 19.0 Å². The second-order valence-corrected chi connectivity index (χ2v) is 8.00. The maximum Gasteiger partial charge on any atom is 0.262 e. The maximum atomic E-state index is 12.4. The van der Waals surface area contributed by atoms with Gasteiger partial charge in [-0.05, 0) is 54.5 Å². The van der Waals surface area contributed by atoms with Gasteiger partial charge in [0.15, 0.2) is 23.9 Å². The molecule has 0 bridgehead atoms. The summed E-state index contributed by atoms with van der Waals surface area (Å²) in [6, 6.07) is 18.4. The lowest BCUT2D eigenvalue weighted by atomic mass is 10.1. The normalized spacial score (nSPS) is 10.8. The monoisotopic (exact) mass is 435 g/mol. The second kappa shape index (κ2) is 11.1. The van der Waals surface area contributed by atoms with Crippen LogP contribution in [0, 0.1) is 0 Å². The lowest BCUT2D eigenvalue weighted by molar-refractivity contribution is -0.118. The summed E-state index contributed by atoms with van der Waals surface area (Å²) in [5.74, 6) is 0.658. The summed E-state index contributed by atoms with van der Waals surface area (Å²) in [5.41, 5.74) is 1.51. The van der Waals surface area contributed by atoms with Gasteiger partial charge in [-0.1, -0.05) is 43.7 Å². The SMILES string of the molecule is CCCc1ccc(C(=O)/C=C/c2ccc(OCC(=O)Nc3ccccc3)c(OC)c2)s1. The number of hydrogen-bond donors (Lipinski definition) is 1. The van der Waals surface area contributed by atoms with Gasteiger partial charge in [-0.3, -0.25) is 9.59 Å². The van der Waals surface area contributed by atoms with Gasteiger partial charge < -0.3 is 14.8 Å². The first-order valence-corrected chi connectivity index (χ1v) is 10.9. The number of methoxy groups -OCH3 is 1. The Bertz CT molecular complexity index is 1060. The average molecular weight is 436 g/mol. The Labute approximate surface area is 186 Å². The molecule has 5 nitrogen and oxygen atoms in total. The number of carbonyl (C=O) groups excluding carboxylic acids is 2. The van der Waals surface area contributed by atoms with E-state index in [-0.39, 0.29) is 18.3 Å². The molecule has 31 heavy (non-hydrogen) atoms. The van der Waals surface area contributed by atoms with Crippen molar-refractivity contribution < 1.29 is 19.1 Å². The summed E-state index contributed by atoms with van der Waals surface area (Å²) in [6.45, 7) is 1.98. The third-order valence-corrected chi connectivity index (χ3v) is 5.59. The van der Waals surface area contributed by atoms with E-state index in [1.54, 1.807) is 24.3 Å². The van der Waals surface area contributed by atoms with E-state index in [2.05, 4.69) is 12.2 Å². The Balaban J connectivity index is 1.60. The van der Waals surface area contributed by atoms with Crippen LogP contribution in [0.3, 0.4) is 0 Å². The summed E-state index contributed by atoms with van der Waals surface area (Å²) in [5, 5.41) is 2.77. The van der Waals surface area contributed by atoms with Gasteiger partial charge >= 0.3 is 0 Å². The van der Waals surface area contributed by atoms with Gasteiger partial charge in [0.05, 0.1) is 12.0 Å². The number of amides is 1. The smallest absolute Gasteiger partial charge is 0.262 e. The molecule has 0 atom stereocenters. The van der Waals surface area contributed by atoms with Crippen molar-refractivity contribution in [2.45, 2.75) is 19.8 Å². The Morgan fingerprint density at radius 3 is 2.58 bits per heavy atom. The highest BCUT2D eigenvalue weighted by Gasteiger charge is 2.10. The van der Waals surface area contributed by atoms with Crippen LogP contribution in [0.2, 0.25) is 0 Å². The third kappa shape index (κ3) is 6.55. The zero-order valence-corrected chi connectivity index (χ0v) is 18.4. The molecule has 0 radical (unpaired) electrons. The Morgan fingerprint density at radius 2 is 1.84 bits per heavy atom. The number of ether oxygens (including phenoxy) is 2. The van der Waals surface area contributed by atoms with Gasteiger partial charge in [0.2, 0.25) is 0 Å². The summed E-state index contributed by atoms with van der Waals surface area (Å²) < 4.78 is 11.0. The van der Waals surface area contributed by atoms with Crippen molar-refractivity contribution in [1.82, 2.24) is 0 Å². The van der Waals surface area contributed by atoms with Crippen LogP contribution in [0.5, 0.6) is 11.5 Å². The van der Waals surface area contributed by atoms with Gasteiger partial charge in [0.1, 0.15) is 0 Å². The van der Waals surface area contributed by atoms with Gasteiger partial charge in [0, 0.05) is 10.6 Å². The van der Waals surface area contributed by atoms with Crippen molar-refractivity contribution in [2.24, 2.45) is 0 Å². The fraction of sp³-hybridized carbons (Fsp3) is 0.200. The first-order valence-electron chi connectivity index (χ1n) is 10.1. The van der Waals surface area contributed by atoms with E-state index in [0.717, 1.165) is 23.3 Å². The molecule has 0 aliphatic carbocycles. The van der Waals surface area contributed by atoms with E-state index in [0.29, 0.717) is 17.2 Å². The third-order valence-electron chi connectivity index (χ3n) is 4.43. The summed E-state index contributed by atoms with van der Waals surface area (Å²) in [6.07, 6.45) is 5.36. The minimum atomic E-state index is -0.263. The van der Waals surface area contributed by atoms with E-state index in [4.69, 9.17) is 9.47 Å². The van der Waals surface area contributed by atoms with Crippen molar-refractivity contribution in [3.63, 3.8) is 0 Å². The summed E-state index contributed by atoms with van der Waals surface area (Å²) in [4.78, 5) is 26.4. The highest BCUT2D eigenvalue weighted by molar-refractivity contribution is 7.14. The standard InChI is InChI=1S/C25H25NO4S/c1-3-7-20-12-15-24(31-20)21(27)13-10-18-11-14-22(23(16-18)29-2)30-17-25(28)26-19-8-5-4-6-9-19/h4-6,8-16H,3,7,17H2,1-2H3,(H,26,28)/b13-10+. The molecule has 1 heterocycles. The molecule has 0 fully saturated rings.